The van der Waals surface area contributed by atoms with Crippen LogP contribution < -0.4 is 4.74 Å². The lowest BCUT2D eigenvalue weighted by Crippen LogP contribution is -2.34. The number of ether oxygens (including phenoxy) is 1. The highest BCUT2D eigenvalue weighted by molar-refractivity contribution is 6.03. The van der Waals surface area contributed by atoms with Crippen molar-refractivity contribution >= 4 is 5.78 Å². The number of methoxy groups -OCH3 is 1. The van der Waals surface area contributed by atoms with Crippen LogP contribution in [0.25, 0.3) is 0 Å². The van der Waals surface area contributed by atoms with Gasteiger partial charge in [0.15, 0.2) is 0 Å². The zero-order chi connectivity index (χ0) is 11.1. The zero-order valence-electron chi connectivity index (χ0n) is 8.22. The number of fused-ring (bicyclic) bond motifs is 1. The van der Waals surface area contributed by atoms with Crippen LogP contribution in [0.1, 0.15) is 22.3 Å². The third kappa shape index (κ3) is 1.60. The van der Waals surface area contributed by atoms with Gasteiger partial charge in [-0.25, -0.2) is 0 Å². The molecule has 0 aliphatic heterocycles. The summed E-state index contributed by atoms with van der Waals surface area (Å²) < 4.78 is 31.1. The maximum absolute atomic E-state index is 13.1. The molecule has 1 aliphatic carbocycles. The van der Waals surface area contributed by atoms with Crippen LogP contribution in [0.15, 0.2) is 18.2 Å². The summed E-state index contributed by atoms with van der Waals surface area (Å²) >= 11 is 0. The molecule has 0 saturated carbocycles. The fourth-order valence-electron chi connectivity index (χ4n) is 1.73. The molecule has 15 heavy (non-hydrogen) atoms. The smallest absolute Gasteiger partial charge is 0.310 e. The van der Waals surface area contributed by atoms with E-state index in [4.69, 9.17) is 4.74 Å². The average Bonchev–Trinajstić information content (AvgIpc) is 2.23. The Bertz CT molecular complexity index is 413. The van der Waals surface area contributed by atoms with Crippen LogP contribution in [-0.4, -0.2) is 18.8 Å². The van der Waals surface area contributed by atoms with Gasteiger partial charge in [-0.1, -0.05) is 0 Å². The van der Waals surface area contributed by atoms with Crippen molar-refractivity contribution in [3.05, 3.63) is 29.3 Å². The second-order valence-electron chi connectivity index (χ2n) is 3.56. The molecule has 0 aromatic heterocycles. The molecule has 0 unspecified atom stereocenters. The first kappa shape index (κ1) is 10.1. The second kappa shape index (κ2) is 3.29. The van der Waals surface area contributed by atoms with Gasteiger partial charge in [0.2, 0.25) is 5.78 Å². The molecule has 80 valence electrons. The highest BCUT2D eigenvalue weighted by Gasteiger charge is 2.43. The van der Waals surface area contributed by atoms with Crippen molar-refractivity contribution in [2.75, 3.05) is 7.11 Å². The van der Waals surface area contributed by atoms with E-state index in [1.165, 1.54) is 19.2 Å². The van der Waals surface area contributed by atoms with Crippen LogP contribution in [-0.2, 0) is 6.42 Å². The maximum atomic E-state index is 13.1. The van der Waals surface area contributed by atoms with Crippen molar-refractivity contribution in [2.45, 2.75) is 18.8 Å². The Morgan fingerprint density at radius 1 is 1.40 bits per heavy atom. The third-order valence-corrected chi connectivity index (χ3v) is 2.60. The van der Waals surface area contributed by atoms with E-state index in [0.29, 0.717) is 11.3 Å². The predicted octanol–water partition coefficient (Wildman–Crippen LogP) is 2.46. The molecule has 1 aliphatic rings. The number of carbonyl (C=O) groups excluding carboxylic acids is 1. The highest BCUT2D eigenvalue weighted by atomic mass is 19.3. The molecule has 0 N–H and O–H groups in total. The number of alkyl halides is 2. The fourth-order valence-corrected chi connectivity index (χ4v) is 1.73. The van der Waals surface area contributed by atoms with Crippen LogP contribution in [0, 0.1) is 0 Å². The third-order valence-electron chi connectivity index (χ3n) is 2.60. The molecule has 0 bridgehead atoms. The molecule has 0 fully saturated rings. The van der Waals surface area contributed by atoms with Crippen LogP contribution in [0.5, 0.6) is 5.75 Å². The van der Waals surface area contributed by atoms with E-state index >= 15 is 0 Å². The fraction of sp³-hybridized carbons (Fsp3) is 0.364. The first-order chi connectivity index (χ1) is 7.04. The van der Waals surface area contributed by atoms with E-state index in [9.17, 15) is 13.6 Å². The van der Waals surface area contributed by atoms with Gasteiger partial charge < -0.3 is 4.74 Å². The van der Waals surface area contributed by atoms with E-state index < -0.39 is 18.1 Å². The Morgan fingerprint density at radius 2 is 2.13 bits per heavy atom. The van der Waals surface area contributed by atoms with Crippen molar-refractivity contribution in [1.82, 2.24) is 0 Å². The number of aryl methyl sites for hydroxylation is 1. The standard InChI is InChI=1S/C11H10F2O2/c1-15-8-2-3-9-7(6-8)4-5-11(12,13)10(9)14/h2-3,6H,4-5H2,1H3. The SMILES string of the molecule is COc1ccc2c(c1)CCC(F)(F)C2=O. The minimum absolute atomic E-state index is 0.118. The molecule has 1 aromatic carbocycles. The zero-order valence-corrected chi connectivity index (χ0v) is 8.22. The number of hydrogen-bond donors (Lipinski definition) is 0. The number of rotatable bonds is 1. The summed E-state index contributed by atoms with van der Waals surface area (Å²) in [7, 11) is 1.50. The monoisotopic (exact) mass is 212 g/mol. The second-order valence-corrected chi connectivity index (χ2v) is 3.56. The molecular formula is C11H10F2O2. The first-order valence-electron chi connectivity index (χ1n) is 4.64. The number of hydrogen-bond acceptors (Lipinski definition) is 2. The van der Waals surface area contributed by atoms with Gasteiger partial charge in [0.05, 0.1) is 7.11 Å². The lowest BCUT2D eigenvalue weighted by Gasteiger charge is -2.22. The molecule has 2 nitrogen and oxygen atoms in total. The average molecular weight is 212 g/mol. The summed E-state index contributed by atoms with van der Waals surface area (Å²) in [5, 5.41) is 0. The number of carbonyl (C=O) groups is 1. The summed E-state index contributed by atoms with van der Waals surface area (Å²) in [4.78, 5) is 11.3. The molecule has 4 heteroatoms. The topological polar surface area (TPSA) is 26.3 Å². The highest BCUT2D eigenvalue weighted by Crippen LogP contribution is 2.34. The minimum Gasteiger partial charge on any atom is -0.497 e. The van der Waals surface area contributed by atoms with Crippen LogP contribution >= 0.6 is 0 Å². The van der Waals surface area contributed by atoms with Crippen molar-refractivity contribution in [2.24, 2.45) is 0 Å². The normalized spacial score (nSPS) is 18.5. The maximum Gasteiger partial charge on any atom is 0.310 e. The van der Waals surface area contributed by atoms with E-state index in [2.05, 4.69) is 0 Å². The van der Waals surface area contributed by atoms with Crippen molar-refractivity contribution in [1.29, 1.82) is 0 Å². The molecule has 0 spiro atoms. The van der Waals surface area contributed by atoms with Gasteiger partial charge in [0, 0.05) is 12.0 Å². The van der Waals surface area contributed by atoms with Crippen molar-refractivity contribution < 1.29 is 18.3 Å². The predicted molar refractivity (Wildman–Crippen MR) is 50.6 cm³/mol. The molecule has 0 amide bonds. The molecular weight excluding hydrogens is 202 g/mol. The Labute approximate surface area is 85.9 Å². The number of Topliss-reactive ketones (excluding diaryl/α,β-unsaturated/α-hetero) is 1. The quantitative estimate of drug-likeness (QED) is 0.714. The van der Waals surface area contributed by atoms with Crippen molar-refractivity contribution in [3.8, 4) is 5.75 Å². The first-order valence-corrected chi connectivity index (χ1v) is 4.64. The van der Waals surface area contributed by atoms with E-state index in [0.717, 1.165) is 0 Å². The minimum atomic E-state index is -3.21. The molecule has 2 rings (SSSR count). The van der Waals surface area contributed by atoms with E-state index in [1.54, 1.807) is 6.07 Å². The van der Waals surface area contributed by atoms with Gasteiger partial charge in [-0.3, -0.25) is 4.79 Å². The lowest BCUT2D eigenvalue weighted by molar-refractivity contribution is 0.00201. The van der Waals surface area contributed by atoms with E-state index in [-0.39, 0.29) is 12.0 Å². The van der Waals surface area contributed by atoms with Gasteiger partial charge in [-0.15, -0.1) is 0 Å². The number of halogens is 2. The van der Waals surface area contributed by atoms with Crippen molar-refractivity contribution in [3.63, 3.8) is 0 Å². The van der Waals surface area contributed by atoms with Gasteiger partial charge >= 0.3 is 5.92 Å². The van der Waals surface area contributed by atoms with Gasteiger partial charge in [-0.2, -0.15) is 8.78 Å². The summed E-state index contributed by atoms with van der Waals surface area (Å²) in [6, 6.07) is 4.57. The summed E-state index contributed by atoms with van der Waals surface area (Å²) in [6.07, 6.45) is -0.197. The lowest BCUT2D eigenvalue weighted by atomic mass is 9.88. The van der Waals surface area contributed by atoms with Crippen LogP contribution in [0.3, 0.4) is 0 Å². The molecule has 1 aromatic rings. The summed E-state index contributed by atoms with van der Waals surface area (Å²) in [5.74, 6) is -3.69. The van der Waals surface area contributed by atoms with Crippen LogP contribution in [0.2, 0.25) is 0 Å². The molecule has 0 saturated heterocycles. The molecule has 0 radical (unpaired) electrons. The van der Waals surface area contributed by atoms with Gasteiger partial charge in [0.1, 0.15) is 5.75 Å². The number of benzene rings is 1. The Morgan fingerprint density at radius 3 is 2.80 bits per heavy atom. The van der Waals surface area contributed by atoms with E-state index in [1.807, 2.05) is 0 Å². The summed E-state index contributed by atoms with van der Waals surface area (Å²) in [5.41, 5.74) is 0.761. The number of ketones is 1. The summed E-state index contributed by atoms with van der Waals surface area (Å²) in [6.45, 7) is 0. The Hall–Kier alpha value is -1.45. The Kier molecular flexibility index (Phi) is 2.21. The van der Waals surface area contributed by atoms with Gasteiger partial charge in [0.25, 0.3) is 0 Å². The van der Waals surface area contributed by atoms with Gasteiger partial charge in [-0.05, 0) is 30.2 Å². The largest absolute Gasteiger partial charge is 0.497 e. The molecule has 0 heterocycles. The molecule has 0 atom stereocenters. The van der Waals surface area contributed by atoms with Crippen LogP contribution in [0.4, 0.5) is 8.78 Å². The Balaban J connectivity index is 2.46.